The normalized spacial score (nSPS) is 14.2. The predicted octanol–water partition coefficient (Wildman–Crippen LogP) is 0.842. The zero-order valence-corrected chi connectivity index (χ0v) is 19.4. The number of nitrogens with one attached hydrogen (secondary N) is 2. The number of carbonyl (C=O) groups excluding carboxylic acids is 1. The van der Waals surface area contributed by atoms with Gasteiger partial charge in [0.2, 0.25) is 0 Å². The van der Waals surface area contributed by atoms with Gasteiger partial charge >= 0.3 is 6.09 Å². The second kappa shape index (κ2) is 16.8. The van der Waals surface area contributed by atoms with E-state index in [-0.39, 0.29) is 19.6 Å². The van der Waals surface area contributed by atoms with Gasteiger partial charge in [-0.1, -0.05) is 38.3 Å². The number of unbranched alkanes of at least 4 members (excludes halogenated alkanes) is 3. The molecule has 0 bridgehead atoms. The first kappa shape index (κ1) is 28.3. The lowest BCUT2D eigenvalue weighted by Gasteiger charge is -2.29. The van der Waals surface area contributed by atoms with Crippen molar-refractivity contribution in [2.75, 3.05) is 39.8 Å². The van der Waals surface area contributed by atoms with Crippen LogP contribution in [-0.2, 0) is 6.54 Å². The van der Waals surface area contributed by atoms with Crippen LogP contribution in [0.1, 0.15) is 44.6 Å². The number of rotatable bonds is 17. The molecule has 3 atom stereocenters. The summed E-state index contributed by atoms with van der Waals surface area (Å²) in [6.07, 6.45) is -0.0466. The molecule has 9 nitrogen and oxygen atoms in total. The van der Waals surface area contributed by atoms with E-state index < -0.39 is 24.4 Å². The minimum atomic E-state index is -1.34. The standard InChI is InChI=1S/C23H41N3O6/c1-3-4-5-6-13-26(17-21(29)22(30)20(28)11-15-27)14-12-25-23(31)32-19-9-7-18(8-10-19)16-24-2/h7-10,20-22,24,27-30H,3-6,11-17H2,1-2H3,(H,25,31). The Morgan fingerprint density at radius 2 is 1.78 bits per heavy atom. The van der Waals surface area contributed by atoms with E-state index in [0.717, 1.165) is 37.8 Å². The summed E-state index contributed by atoms with van der Waals surface area (Å²) in [6, 6.07) is 7.24. The van der Waals surface area contributed by atoms with E-state index >= 15 is 0 Å². The van der Waals surface area contributed by atoms with Crippen molar-refractivity contribution in [3.8, 4) is 5.75 Å². The van der Waals surface area contributed by atoms with Gasteiger partial charge in [0.1, 0.15) is 11.9 Å². The molecule has 0 fully saturated rings. The molecule has 3 unspecified atom stereocenters. The number of ether oxygens (including phenoxy) is 1. The van der Waals surface area contributed by atoms with Crippen LogP contribution >= 0.6 is 0 Å². The number of hydrogen-bond donors (Lipinski definition) is 6. The fourth-order valence-corrected chi connectivity index (χ4v) is 3.33. The minimum Gasteiger partial charge on any atom is -0.410 e. The Morgan fingerprint density at radius 3 is 2.41 bits per heavy atom. The lowest BCUT2D eigenvalue weighted by Crippen LogP contribution is -2.47. The van der Waals surface area contributed by atoms with Crippen molar-refractivity contribution in [3.05, 3.63) is 29.8 Å². The summed E-state index contributed by atoms with van der Waals surface area (Å²) in [7, 11) is 1.86. The van der Waals surface area contributed by atoms with Crippen LogP contribution in [0.25, 0.3) is 0 Å². The summed E-state index contributed by atoms with van der Waals surface area (Å²) >= 11 is 0. The molecule has 0 aliphatic heterocycles. The van der Waals surface area contributed by atoms with E-state index in [2.05, 4.69) is 17.6 Å². The van der Waals surface area contributed by atoms with Crippen molar-refractivity contribution in [1.82, 2.24) is 15.5 Å². The van der Waals surface area contributed by atoms with E-state index in [9.17, 15) is 20.1 Å². The SMILES string of the molecule is CCCCCCN(CCNC(=O)Oc1ccc(CNC)cc1)CC(O)C(O)C(O)CCO. The molecule has 0 saturated carbocycles. The molecule has 6 N–H and O–H groups in total. The van der Waals surface area contributed by atoms with E-state index in [1.165, 1.54) is 0 Å². The molecule has 0 saturated heterocycles. The first-order valence-corrected chi connectivity index (χ1v) is 11.5. The van der Waals surface area contributed by atoms with Gasteiger partial charge in [0.05, 0.1) is 12.2 Å². The van der Waals surface area contributed by atoms with Crippen molar-refractivity contribution >= 4 is 6.09 Å². The summed E-state index contributed by atoms with van der Waals surface area (Å²) < 4.78 is 5.29. The zero-order valence-electron chi connectivity index (χ0n) is 19.4. The molecular weight excluding hydrogens is 414 g/mol. The number of hydrogen-bond acceptors (Lipinski definition) is 8. The molecule has 1 aromatic rings. The molecule has 1 aromatic carbocycles. The second-order valence-corrected chi connectivity index (χ2v) is 7.99. The maximum absolute atomic E-state index is 12.1. The predicted molar refractivity (Wildman–Crippen MR) is 124 cm³/mol. The molecule has 184 valence electrons. The highest BCUT2D eigenvalue weighted by Crippen LogP contribution is 2.12. The fourth-order valence-electron chi connectivity index (χ4n) is 3.33. The molecule has 1 rings (SSSR count). The third-order valence-corrected chi connectivity index (χ3v) is 5.20. The molecule has 0 heterocycles. The quantitative estimate of drug-likeness (QED) is 0.190. The minimum absolute atomic E-state index is 0.00193. The Hall–Kier alpha value is -1.75. The zero-order chi connectivity index (χ0) is 23.8. The molecule has 0 aliphatic carbocycles. The average molecular weight is 456 g/mol. The molecule has 0 aromatic heterocycles. The Morgan fingerprint density at radius 1 is 1.06 bits per heavy atom. The first-order chi connectivity index (χ1) is 15.4. The Labute approximate surface area is 191 Å². The number of aliphatic hydroxyl groups is 4. The highest BCUT2D eigenvalue weighted by molar-refractivity contribution is 5.70. The van der Waals surface area contributed by atoms with Crippen LogP contribution in [-0.4, -0.2) is 89.6 Å². The van der Waals surface area contributed by atoms with Crippen LogP contribution in [0.2, 0.25) is 0 Å². The molecule has 9 heteroatoms. The van der Waals surface area contributed by atoms with Crippen LogP contribution in [0.5, 0.6) is 5.75 Å². The number of nitrogens with zero attached hydrogens (tertiary/aromatic N) is 1. The van der Waals surface area contributed by atoms with Crippen molar-refractivity contribution in [2.24, 2.45) is 0 Å². The highest BCUT2D eigenvalue weighted by Gasteiger charge is 2.26. The smallest absolute Gasteiger partial charge is 0.410 e. The van der Waals surface area contributed by atoms with Crippen molar-refractivity contribution < 1.29 is 30.0 Å². The van der Waals surface area contributed by atoms with E-state index in [1.54, 1.807) is 12.1 Å². The number of aliphatic hydroxyl groups excluding tert-OH is 4. The van der Waals surface area contributed by atoms with Gasteiger partial charge in [0.25, 0.3) is 0 Å². The first-order valence-electron chi connectivity index (χ1n) is 11.5. The lowest BCUT2D eigenvalue weighted by atomic mass is 10.0. The summed E-state index contributed by atoms with van der Waals surface area (Å²) in [5.74, 6) is 0.454. The van der Waals surface area contributed by atoms with E-state index in [0.29, 0.717) is 25.4 Å². The van der Waals surface area contributed by atoms with Gasteiger partial charge in [-0.25, -0.2) is 4.79 Å². The van der Waals surface area contributed by atoms with Gasteiger partial charge in [-0.2, -0.15) is 0 Å². The Kier molecular flexibility index (Phi) is 14.9. The van der Waals surface area contributed by atoms with E-state index in [4.69, 9.17) is 9.84 Å². The van der Waals surface area contributed by atoms with Gasteiger partial charge in [-0.05, 0) is 44.1 Å². The van der Waals surface area contributed by atoms with Crippen molar-refractivity contribution in [2.45, 2.75) is 63.9 Å². The van der Waals surface area contributed by atoms with Crippen LogP contribution < -0.4 is 15.4 Å². The molecule has 32 heavy (non-hydrogen) atoms. The van der Waals surface area contributed by atoms with Gasteiger partial charge in [0, 0.05) is 32.8 Å². The number of carbonyl (C=O) groups is 1. The monoisotopic (exact) mass is 455 g/mol. The Bertz CT molecular complexity index is 616. The fraction of sp³-hybridized carbons (Fsp3) is 0.696. The summed E-state index contributed by atoms with van der Waals surface area (Å²) in [5, 5.41) is 44.9. The van der Waals surface area contributed by atoms with E-state index in [1.807, 2.05) is 24.1 Å². The largest absolute Gasteiger partial charge is 0.412 e. The van der Waals surface area contributed by atoms with Gasteiger partial charge in [-0.3, -0.25) is 4.90 Å². The third-order valence-electron chi connectivity index (χ3n) is 5.20. The molecule has 0 radical (unpaired) electrons. The topological polar surface area (TPSA) is 135 Å². The van der Waals surface area contributed by atoms with Crippen LogP contribution in [0, 0.1) is 0 Å². The molecule has 1 amide bonds. The maximum Gasteiger partial charge on any atom is 0.412 e. The summed E-state index contributed by atoms with van der Waals surface area (Å²) in [6.45, 7) is 4.22. The van der Waals surface area contributed by atoms with Crippen molar-refractivity contribution in [3.63, 3.8) is 0 Å². The second-order valence-electron chi connectivity index (χ2n) is 7.99. The molecule has 0 spiro atoms. The summed E-state index contributed by atoms with van der Waals surface area (Å²) in [5.41, 5.74) is 1.09. The molecular formula is C23H41N3O6. The van der Waals surface area contributed by atoms with Crippen LogP contribution in [0.15, 0.2) is 24.3 Å². The van der Waals surface area contributed by atoms with Crippen LogP contribution in [0.4, 0.5) is 4.79 Å². The highest BCUT2D eigenvalue weighted by atomic mass is 16.6. The van der Waals surface area contributed by atoms with Crippen LogP contribution in [0.3, 0.4) is 0 Å². The maximum atomic E-state index is 12.1. The van der Waals surface area contributed by atoms with Gasteiger partial charge in [-0.15, -0.1) is 0 Å². The average Bonchev–Trinajstić information content (AvgIpc) is 2.77. The number of amides is 1. The van der Waals surface area contributed by atoms with Crippen molar-refractivity contribution in [1.29, 1.82) is 0 Å². The van der Waals surface area contributed by atoms with Gasteiger partial charge in [0.15, 0.2) is 0 Å². The third kappa shape index (κ3) is 11.8. The van der Waals surface area contributed by atoms with Gasteiger partial charge < -0.3 is 35.8 Å². The number of benzene rings is 1. The summed E-state index contributed by atoms with van der Waals surface area (Å²) in [4.78, 5) is 14.0. The molecule has 0 aliphatic rings. The lowest BCUT2D eigenvalue weighted by molar-refractivity contribution is -0.0746. The Balaban J connectivity index is 2.50.